The largest absolute Gasteiger partial charge is 0.493 e. The molecule has 1 fully saturated rings. The summed E-state index contributed by atoms with van der Waals surface area (Å²) in [6, 6.07) is 14.3. The highest BCUT2D eigenvalue weighted by Crippen LogP contribution is 2.38. The second-order valence-electron chi connectivity index (χ2n) is 8.66. The van der Waals surface area contributed by atoms with Crippen LogP contribution in [0.5, 0.6) is 5.75 Å². The molecule has 0 saturated carbocycles. The van der Waals surface area contributed by atoms with E-state index in [1.807, 2.05) is 49.7 Å². The van der Waals surface area contributed by atoms with Gasteiger partial charge in [0.1, 0.15) is 5.75 Å². The number of ether oxygens (including phenoxy) is 3. The number of benzene rings is 2. The Labute approximate surface area is 217 Å². The lowest BCUT2D eigenvalue weighted by atomic mass is 9.96. The van der Waals surface area contributed by atoms with Crippen molar-refractivity contribution < 1.29 is 19.0 Å². The summed E-state index contributed by atoms with van der Waals surface area (Å²) in [5.41, 5.74) is 7.47. The first-order valence-electron chi connectivity index (χ1n) is 12.5. The zero-order valence-electron chi connectivity index (χ0n) is 21.3. The van der Waals surface area contributed by atoms with Gasteiger partial charge in [0.05, 0.1) is 37.0 Å². The van der Waals surface area contributed by atoms with Crippen molar-refractivity contribution in [1.29, 1.82) is 0 Å². The molecule has 2 aliphatic heterocycles. The molecule has 2 aromatic carbocycles. The van der Waals surface area contributed by atoms with Crippen LogP contribution in [0.3, 0.4) is 0 Å². The lowest BCUT2D eigenvalue weighted by molar-refractivity contribution is -0.133. The molecule has 1 aromatic heterocycles. The molecule has 36 heavy (non-hydrogen) atoms. The van der Waals surface area contributed by atoms with E-state index in [4.69, 9.17) is 14.2 Å². The number of fused-ring (bicyclic) bond motifs is 1. The van der Waals surface area contributed by atoms with E-state index in [1.165, 1.54) is 24.8 Å². The summed E-state index contributed by atoms with van der Waals surface area (Å²) < 4.78 is 15.9. The number of aryl methyl sites for hydroxylation is 1. The third kappa shape index (κ3) is 6.15. The molecule has 6 nitrogen and oxygen atoms in total. The van der Waals surface area contributed by atoms with E-state index in [2.05, 4.69) is 28.1 Å². The standard InChI is InChI=1S/C25H26N2O3S.C4H8O/c1-4-30-23-10-6-5-8-19(23)18-11-12-22-21(14-18)20(25(28)29-3)9-7-13-27(22)15-24-17(2)26-16-31-24;1-2-4-5-3-1/h5-6,8-12,14,16H,4,7,13,15H2,1-3H3;1-4H2. The Hall–Kier alpha value is -3.16. The van der Waals surface area contributed by atoms with Gasteiger partial charge < -0.3 is 19.1 Å². The highest BCUT2D eigenvalue weighted by atomic mass is 32.1. The van der Waals surface area contributed by atoms with Crippen LogP contribution in [-0.4, -0.2) is 44.4 Å². The number of carbonyl (C=O) groups excluding carboxylic acids is 1. The van der Waals surface area contributed by atoms with E-state index in [0.717, 1.165) is 66.5 Å². The Kier molecular flexibility index (Phi) is 9.14. The van der Waals surface area contributed by atoms with Gasteiger partial charge in [-0.2, -0.15) is 0 Å². The van der Waals surface area contributed by atoms with E-state index in [1.54, 1.807) is 11.3 Å². The first-order chi connectivity index (χ1) is 17.6. The molecule has 1 saturated heterocycles. The van der Waals surface area contributed by atoms with Gasteiger partial charge in [-0.05, 0) is 56.9 Å². The Morgan fingerprint density at radius 1 is 1.14 bits per heavy atom. The molecule has 0 radical (unpaired) electrons. The predicted octanol–water partition coefficient (Wildman–Crippen LogP) is 6.28. The second-order valence-corrected chi connectivity index (χ2v) is 9.60. The molecule has 0 bridgehead atoms. The third-order valence-electron chi connectivity index (χ3n) is 6.28. The van der Waals surface area contributed by atoms with E-state index in [9.17, 15) is 4.79 Å². The number of thiazole rings is 1. The van der Waals surface area contributed by atoms with Crippen molar-refractivity contribution in [2.45, 2.75) is 39.7 Å². The van der Waals surface area contributed by atoms with Gasteiger partial charge in [0.2, 0.25) is 0 Å². The molecule has 0 spiro atoms. The summed E-state index contributed by atoms with van der Waals surface area (Å²) >= 11 is 1.67. The molecule has 0 aliphatic carbocycles. The van der Waals surface area contributed by atoms with E-state index < -0.39 is 0 Å². The minimum atomic E-state index is -0.313. The number of anilines is 1. The van der Waals surface area contributed by atoms with E-state index >= 15 is 0 Å². The molecule has 2 aliphatic rings. The fourth-order valence-corrected chi connectivity index (χ4v) is 5.20. The Morgan fingerprint density at radius 3 is 2.61 bits per heavy atom. The molecule has 3 heterocycles. The number of hydrogen-bond acceptors (Lipinski definition) is 7. The molecule has 190 valence electrons. The van der Waals surface area contributed by atoms with Crippen LogP contribution in [0, 0.1) is 6.92 Å². The van der Waals surface area contributed by atoms with Crippen molar-refractivity contribution in [3.63, 3.8) is 0 Å². The first-order valence-corrected chi connectivity index (χ1v) is 13.4. The number of nitrogens with zero attached hydrogens (tertiary/aromatic N) is 2. The Bertz CT molecular complexity index is 1190. The highest BCUT2D eigenvalue weighted by molar-refractivity contribution is 7.09. The lowest BCUT2D eigenvalue weighted by Crippen LogP contribution is -2.23. The molecule has 0 amide bonds. The maximum atomic E-state index is 12.6. The molecule has 5 rings (SSSR count). The monoisotopic (exact) mass is 506 g/mol. The second kappa shape index (κ2) is 12.7. The fourth-order valence-electron chi connectivity index (χ4n) is 4.41. The molecule has 0 unspecified atom stereocenters. The SMILES string of the molecule is C1CCOC1.CCOc1ccccc1-c1ccc2c(c1)C(C(=O)OC)=CCCN2Cc1scnc1C. The predicted molar refractivity (Wildman–Crippen MR) is 146 cm³/mol. The normalized spacial score (nSPS) is 14.8. The van der Waals surface area contributed by atoms with Gasteiger partial charge in [0.25, 0.3) is 0 Å². The van der Waals surface area contributed by atoms with E-state index in [0.29, 0.717) is 12.2 Å². The average Bonchev–Trinajstić information content (AvgIpc) is 3.58. The topological polar surface area (TPSA) is 60.9 Å². The molecule has 3 aromatic rings. The summed E-state index contributed by atoms with van der Waals surface area (Å²) in [5, 5.41) is 0. The zero-order chi connectivity index (χ0) is 25.3. The van der Waals surface area contributed by atoms with Crippen LogP contribution in [0.15, 0.2) is 54.1 Å². The summed E-state index contributed by atoms with van der Waals surface area (Å²) in [4.78, 5) is 20.6. The van der Waals surface area contributed by atoms with Crippen molar-refractivity contribution >= 4 is 28.6 Å². The highest BCUT2D eigenvalue weighted by Gasteiger charge is 2.24. The molecule has 0 N–H and O–H groups in total. The quantitative estimate of drug-likeness (QED) is 0.367. The van der Waals surface area contributed by atoms with Gasteiger partial charge >= 0.3 is 5.97 Å². The van der Waals surface area contributed by atoms with Gasteiger partial charge in [-0.3, -0.25) is 0 Å². The van der Waals surface area contributed by atoms with Gasteiger partial charge in [-0.25, -0.2) is 9.78 Å². The van der Waals surface area contributed by atoms with Gasteiger partial charge in [0.15, 0.2) is 0 Å². The maximum absolute atomic E-state index is 12.6. The molecular weight excluding hydrogens is 472 g/mol. The van der Waals surface area contributed by atoms with Crippen molar-refractivity contribution in [2.24, 2.45) is 0 Å². The minimum absolute atomic E-state index is 0.313. The maximum Gasteiger partial charge on any atom is 0.338 e. The number of carbonyl (C=O) groups is 1. The van der Waals surface area contributed by atoms with Crippen LogP contribution in [0.1, 0.15) is 42.3 Å². The van der Waals surface area contributed by atoms with Crippen LogP contribution in [-0.2, 0) is 20.8 Å². The number of aromatic nitrogens is 1. The van der Waals surface area contributed by atoms with Gasteiger partial charge in [0, 0.05) is 41.4 Å². The Morgan fingerprint density at radius 2 is 1.94 bits per heavy atom. The zero-order valence-corrected chi connectivity index (χ0v) is 22.1. The summed E-state index contributed by atoms with van der Waals surface area (Å²) in [7, 11) is 1.43. The van der Waals surface area contributed by atoms with Crippen LogP contribution in [0.2, 0.25) is 0 Å². The molecule has 0 atom stereocenters. The Balaban J connectivity index is 0.000000543. The van der Waals surface area contributed by atoms with Crippen molar-refractivity contribution in [3.8, 4) is 16.9 Å². The van der Waals surface area contributed by atoms with Crippen LogP contribution in [0.4, 0.5) is 5.69 Å². The molecular formula is C29H34N2O4S. The number of esters is 1. The number of rotatable bonds is 6. The minimum Gasteiger partial charge on any atom is -0.493 e. The van der Waals surface area contributed by atoms with Crippen LogP contribution in [0.25, 0.3) is 16.7 Å². The molecule has 7 heteroatoms. The first kappa shape index (κ1) is 25.9. The summed E-state index contributed by atoms with van der Waals surface area (Å²) in [6.45, 7) is 8.19. The van der Waals surface area contributed by atoms with Crippen LogP contribution < -0.4 is 9.64 Å². The van der Waals surface area contributed by atoms with Crippen LogP contribution >= 0.6 is 11.3 Å². The number of methoxy groups -OCH3 is 1. The summed E-state index contributed by atoms with van der Waals surface area (Å²) in [5.74, 6) is 0.520. The van der Waals surface area contributed by atoms with Gasteiger partial charge in [-0.15, -0.1) is 11.3 Å². The lowest BCUT2D eigenvalue weighted by Gasteiger charge is -2.25. The summed E-state index contributed by atoms with van der Waals surface area (Å²) in [6.07, 6.45) is 5.31. The van der Waals surface area contributed by atoms with Gasteiger partial charge in [-0.1, -0.05) is 30.3 Å². The number of hydrogen-bond donors (Lipinski definition) is 0. The fraction of sp³-hybridized carbons (Fsp3) is 0.379. The van der Waals surface area contributed by atoms with Crippen molar-refractivity contribution in [3.05, 3.63) is 70.2 Å². The average molecular weight is 507 g/mol. The number of para-hydroxylation sites is 1. The third-order valence-corrected chi connectivity index (χ3v) is 7.20. The smallest absolute Gasteiger partial charge is 0.338 e. The van der Waals surface area contributed by atoms with E-state index in [-0.39, 0.29) is 5.97 Å². The van der Waals surface area contributed by atoms with Crippen molar-refractivity contribution in [2.75, 3.05) is 38.4 Å². The van der Waals surface area contributed by atoms with Crippen molar-refractivity contribution in [1.82, 2.24) is 4.98 Å².